The van der Waals surface area contributed by atoms with Crippen molar-refractivity contribution < 1.29 is 13.6 Å². The summed E-state index contributed by atoms with van der Waals surface area (Å²) in [5, 5.41) is 0.212. The molecule has 2 aliphatic carbocycles. The highest BCUT2D eigenvalue weighted by atomic mass is 28.4. The van der Waals surface area contributed by atoms with Crippen molar-refractivity contribution in [3.8, 4) is 0 Å². The lowest BCUT2D eigenvalue weighted by molar-refractivity contribution is -0.117. The molecule has 1 aromatic carbocycles. The van der Waals surface area contributed by atoms with Gasteiger partial charge in [-0.3, -0.25) is 4.79 Å². The van der Waals surface area contributed by atoms with Gasteiger partial charge in [0.25, 0.3) is 0 Å². The standard InChI is InChI=1S/C28H46O3Si2/c1-19-21-17-18-22(30-32(8,9)27(2,3)4)26(31-33(10,11)28(5,6)7)24(21)23(25(19)29)20-15-13-12-14-16-20/h12-16,19,21-22,26H,17-18H2,1-11H3/t19-,21+,22+,26-/m1/s1. The van der Waals surface area contributed by atoms with Crippen LogP contribution in [0.1, 0.15) is 66.9 Å². The second kappa shape index (κ2) is 8.89. The maximum absolute atomic E-state index is 13.6. The minimum atomic E-state index is -2.10. The smallest absolute Gasteiger partial charge is 0.193 e. The first-order valence-corrected chi connectivity index (χ1v) is 18.5. The number of ketones is 1. The molecule has 4 atom stereocenters. The molecule has 0 amide bonds. The van der Waals surface area contributed by atoms with Gasteiger partial charge in [-0.05, 0) is 66.2 Å². The number of Topliss-reactive ketones (excluding diaryl/α,β-unsaturated/α-hetero) is 1. The normalized spacial score (nSPS) is 27.2. The Morgan fingerprint density at radius 3 is 1.85 bits per heavy atom. The van der Waals surface area contributed by atoms with Crippen molar-refractivity contribution in [1.82, 2.24) is 0 Å². The Labute approximate surface area is 204 Å². The first kappa shape index (κ1) is 26.6. The van der Waals surface area contributed by atoms with E-state index in [-0.39, 0.29) is 39.9 Å². The van der Waals surface area contributed by atoms with E-state index in [9.17, 15) is 4.79 Å². The number of allylic oxidation sites excluding steroid dienone is 1. The molecular formula is C28H46O3Si2. The molecule has 33 heavy (non-hydrogen) atoms. The van der Waals surface area contributed by atoms with Gasteiger partial charge in [0.15, 0.2) is 22.4 Å². The summed E-state index contributed by atoms with van der Waals surface area (Å²) >= 11 is 0. The van der Waals surface area contributed by atoms with Gasteiger partial charge in [0.05, 0.1) is 12.2 Å². The molecule has 0 unspecified atom stereocenters. The third-order valence-corrected chi connectivity index (χ3v) is 17.9. The van der Waals surface area contributed by atoms with Crippen molar-refractivity contribution in [2.75, 3.05) is 0 Å². The molecule has 1 saturated carbocycles. The van der Waals surface area contributed by atoms with Crippen LogP contribution in [0.3, 0.4) is 0 Å². The predicted molar refractivity (Wildman–Crippen MR) is 144 cm³/mol. The Balaban J connectivity index is 2.16. The molecule has 1 fully saturated rings. The molecule has 0 N–H and O–H groups in total. The van der Waals surface area contributed by atoms with Crippen molar-refractivity contribution >= 4 is 28.0 Å². The monoisotopic (exact) mass is 486 g/mol. The highest BCUT2D eigenvalue weighted by molar-refractivity contribution is 6.74. The summed E-state index contributed by atoms with van der Waals surface area (Å²) < 4.78 is 14.3. The van der Waals surface area contributed by atoms with Gasteiger partial charge in [-0.1, -0.05) is 78.8 Å². The summed E-state index contributed by atoms with van der Waals surface area (Å²) in [4.78, 5) is 13.6. The van der Waals surface area contributed by atoms with E-state index >= 15 is 0 Å². The lowest BCUT2D eigenvalue weighted by Crippen LogP contribution is -2.54. The molecule has 0 spiro atoms. The summed E-state index contributed by atoms with van der Waals surface area (Å²) in [6.07, 6.45) is 1.81. The largest absolute Gasteiger partial charge is 0.411 e. The number of hydrogen-bond donors (Lipinski definition) is 0. The van der Waals surface area contributed by atoms with E-state index in [4.69, 9.17) is 8.85 Å². The van der Waals surface area contributed by atoms with Crippen LogP contribution in [0, 0.1) is 11.8 Å². The quantitative estimate of drug-likeness (QED) is 0.397. The minimum absolute atomic E-state index is 0.00285. The molecule has 5 heteroatoms. The average Bonchev–Trinajstić information content (AvgIpc) is 2.93. The van der Waals surface area contributed by atoms with E-state index in [0.717, 1.165) is 24.0 Å². The number of carbonyl (C=O) groups excluding carboxylic acids is 1. The molecule has 0 radical (unpaired) electrons. The van der Waals surface area contributed by atoms with Crippen molar-refractivity contribution in [2.24, 2.45) is 11.8 Å². The first-order chi connectivity index (χ1) is 15.0. The van der Waals surface area contributed by atoms with E-state index in [1.165, 1.54) is 5.57 Å². The number of hydrogen-bond acceptors (Lipinski definition) is 3. The maximum Gasteiger partial charge on any atom is 0.193 e. The van der Waals surface area contributed by atoms with Crippen LogP contribution in [0.25, 0.3) is 5.57 Å². The molecular weight excluding hydrogens is 440 g/mol. The number of carbonyl (C=O) groups is 1. The number of fused-ring (bicyclic) bond motifs is 1. The zero-order valence-electron chi connectivity index (χ0n) is 22.8. The Morgan fingerprint density at radius 2 is 1.33 bits per heavy atom. The van der Waals surface area contributed by atoms with Gasteiger partial charge < -0.3 is 8.85 Å². The highest BCUT2D eigenvalue weighted by Gasteiger charge is 2.52. The van der Waals surface area contributed by atoms with Crippen LogP contribution in [0.2, 0.25) is 36.3 Å². The Bertz CT molecular complexity index is 903. The SMILES string of the molecule is C[C@H]1C(=O)C(c2ccccc2)=C2[C@H]1CC[C@H](O[Si](C)(C)C(C)(C)C)[C@H]2O[Si](C)(C)C(C)(C)C. The molecule has 0 aliphatic heterocycles. The Kier molecular flexibility index (Phi) is 7.16. The first-order valence-electron chi connectivity index (χ1n) is 12.7. The number of benzene rings is 1. The second-order valence-electron chi connectivity index (χ2n) is 13.2. The van der Waals surface area contributed by atoms with Crippen LogP contribution in [-0.2, 0) is 13.6 Å². The molecule has 0 saturated heterocycles. The molecule has 0 heterocycles. The fourth-order valence-electron chi connectivity index (χ4n) is 4.68. The lowest BCUT2D eigenvalue weighted by atomic mass is 9.78. The second-order valence-corrected chi connectivity index (χ2v) is 22.8. The van der Waals surface area contributed by atoms with Crippen molar-refractivity contribution in [1.29, 1.82) is 0 Å². The topological polar surface area (TPSA) is 35.5 Å². The van der Waals surface area contributed by atoms with Gasteiger partial charge in [-0.2, -0.15) is 0 Å². The molecule has 3 nitrogen and oxygen atoms in total. The average molecular weight is 487 g/mol. The fourth-order valence-corrected chi connectivity index (χ4v) is 7.30. The van der Waals surface area contributed by atoms with Gasteiger partial charge >= 0.3 is 0 Å². The molecule has 0 bridgehead atoms. The molecule has 0 aromatic heterocycles. The van der Waals surface area contributed by atoms with E-state index in [2.05, 4.69) is 86.8 Å². The third kappa shape index (κ3) is 5.02. The zero-order valence-corrected chi connectivity index (χ0v) is 24.8. The predicted octanol–water partition coefficient (Wildman–Crippen LogP) is 7.85. The Morgan fingerprint density at radius 1 is 0.818 bits per heavy atom. The van der Waals surface area contributed by atoms with E-state index in [1.807, 2.05) is 18.2 Å². The van der Waals surface area contributed by atoms with Gasteiger partial charge in [0.2, 0.25) is 0 Å². The number of rotatable bonds is 5. The van der Waals surface area contributed by atoms with Gasteiger partial charge in [-0.15, -0.1) is 0 Å². The van der Waals surface area contributed by atoms with Crippen LogP contribution in [0.15, 0.2) is 35.9 Å². The van der Waals surface area contributed by atoms with Crippen LogP contribution in [-0.4, -0.2) is 34.6 Å². The highest BCUT2D eigenvalue weighted by Crippen LogP contribution is 2.51. The van der Waals surface area contributed by atoms with Gasteiger partial charge in [-0.25, -0.2) is 0 Å². The van der Waals surface area contributed by atoms with Crippen LogP contribution in [0.4, 0.5) is 0 Å². The van der Waals surface area contributed by atoms with Gasteiger partial charge in [0.1, 0.15) is 0 Å². The van der Waals surface area contributed by atoms with Crippen molar-refractivity contribution in [3.63, 3.8) is 0 Å². The summed E-state index contributed by atoms with van der Waals surface area (Å²) in [7, 11) is -4.11. The molecule has 184 valence electrons. The summed E-state index contributed by atoms with van der Waals surface area (Å²) in [6.45, 7) is 25.2. The summed E-state index contributed by atoms with van der Waals surface area (Å²) in [5.74, 6) is 0.536. The Hall–Kier alpha value is -1.02. The molecule has 2 aliphatic rings. The minimum Gasteiger partial charge on any atom is -0.411 e. The van der Waals surface area contributed by atoms with E-state index < -0.39 is 16.6 Å². The van der Waals surface area contributed by atoms with Crippen LogP contribution >= 0.6 is 0 Å². The van der Waals surface area contributed by atoms with Crippen molar-refractivity contribution in [3.05, 3.63) is 41.5 Å². The maximum atomic E-state index is 13.6. The van der Waals surface area contributed by atoms with Gasteiger partial charge in [0, 0.05) is 11.5 Å². The van der Waals surface area contributed by atoms with Crippen LogP contribution < -0.4 is 0 Å². The summed E-state index contributed by atoms with van der Waals surface area (Å²) in [5.41, 5.74) is 3.16. The third-order valence-electron chi connectivity index (χ3n) is 8.90. The lowest BCUT2D eigenvalue weighted by Gasteiger charge is -2.48. The van der Waals surface area contributed by atoms with Crippen LogP contribution in [0.5, 0.6) is 0 Å². The van der Waals surface area contributed by atoms with E-state index in [0.29, 0.717) is 0 Å². The fraction of sp³-hybridized carbons (Fsp3) is 0.679. The molecule has 3 rings (SSSR count). The summed E-state index contributed by atoms with van der Waals surface area (Å²) in [6, 6.07) is 10.2. The van der Waals surface area contributed by atoms with E-state index in [1.54, 1.807) is 0 Å². The molecule has 1 aromatic rings. The zero-order chi connectivity index (χ0) is 25.0. The van der Waals surface area contributed by atoms with Crippen molar-refractivity contribution in [2.45, 2.75) is 110 Å².